The number of nitrogens with zero attached hydrogens (tertiary/aromatic N) is 1. The zero-order valence-corrected chi connectivity index (χ0v) is 15.5. The van der Waals surface area contributed by atoms with E-state index in [4.69, 9.17) is 5.11 Å². The molecule has 0 spiro atoms. The lowest BCUT2D eigenvalue weighted by molar-refractivity contribution is 0.0696. The summed E-state index contributed by atoms with van der Waals surface area (Å²) in [5.74, 6) is -0.603. The van der Waals surface area contributed by atoms with Gasteiger partial charge in [-0.25, -0.2) is 10.2 Å². The van der Waals surface area contributed by atoms with Gasteiger partial charge in [0.15, 0.2) is 0 Å². The van der Waals surface area contributed by atoms with E-state index in [1.807, 2.05) is 12.1 Å². The maximum absolute atomic E-state index is 12.5. The van der Waals surface area contributed by atoms with Crippen LogP contribution in [0.1, 0.15) is 50.9 Å². The van der Waals surface area contributed by atoms with Crippen LogP contribution in [0.2, 0.25) is 0 Å². The molecular weight excluding hydrogens is 354 g/mol. The monoisotopic (exact) mass is 375 g/mol. The van der Waals surface area contributed by atoms with Gasteiger partial charge >= 0.3 is 5.97 Å². The van der Waals surface area contributed by atoms with E-state index in [-0.39, 0.29) is 11.5 Å². The highest BCUT2D eigenvalue weighted by atomic mass is 16.4. The van der Waals surface area contributed by atoms with E-state index in [0.717, 1.165) is 23.7 Å². The molecule has 3 N–H and O–H groups in total. The third-order valence-corrected chi connectivity index (χ3v) is 5.23. The molecule has 1 unspecified atom stereocenters. The van der Waals surface area contributed by atoms with Crippen LogP contribution in [0, 0.1) is 5.92 Å². The molecule has 0 saturated heterocycles. The first kappa shape index (κ1) is 18.0. The molecule has 1 atom stereocenters. The van der Waals surface area contributed by atoms with Crippen molar-refractivity contribution in [1.82, 2.24) is 10.4 Å². The Morgan fingerprint density at radius 2 is 1.93 bits per heavy atom. The first-order valence-corrected chi connectivity index (χ1v) is 9.31. The number of nitrogens with one attached hydrogen (secondary N) is 2. The summed E-state index contributed by atoms with van der Waals surface area (Å²) in [5, 5.41) is 14.0. The minimum atomic E-state index is -0.978. The van der Waals surface area contributed by atoms with Crippen molar-refractivity contribution in [3.63, 3.8) is 0 Å². The molecule has 0 radical (unpaired) electrons. The van der Waals surface area contributed by atoms with Gasteiger partial charge in [-0.05, 0) is 66.6 Å². The van der Waals surface area contributed by atoms with E-state index in [0.29, 0.717) is 17.0 Å². The number of hydrazone groups is 1. The fourth-order valence-electron chi connectivity index (χ4n) is 3.67. The SMILES string of the molecule is CC1CCc2[nH]c3ccc(C(=O)N/N=C\c4ccc(C(=O)O)cc4)cc3c2C1. The number of H-pyrrole nitrogens is 1. The Morgan fingerprint density at radius 1 is 1.18 bits per heavy atom. The molecule has 6 heteroatoms. The largest absolute Gasteiger partial charge is 0.478 e. The summed E-state index contributed by atoms with van der Waals surface area (Å²) in [7, 11) is 0. The third kappa shape index (κ3) is 3.53. The predicted octanol–water partition coefficient (Wildman–Crippen LogP) is 3.75. The fraction of sp³-hybridized carbons (Fsp3) is 0.227. The maximum atomic E-state index is 12.5. The number of carbonyl (C=O) groups excluding carboxylic acids is 1. The quantitative estimate of drug-likeness (QED) is 0.479. The van der Waals surface area contributed by atoms with Gasteiger partial charge in [-0.2, -0.15) is 5.10 Å². The summed E-state index contributed by atoms with van der Waals surface area (Å²) < 4.78 is 0. The van der Waals surface area contributed by atoms with Crippen LogP contribution in [0.5, 0.6) is 0 Å². The summed E-state index contributed by atoms with van der Waals surface area (Å²) in [6.07, 6.45) is 4.76. The molecule has 0 bridgehead atoms. The minimum absolute atomic E-state index is 0.207. The first-order chi connectivity index (χ1) is 13.5. The minimum Gasteiger partial charge on any atom is -0.478 e. The Hall–Kier alpha value is -3.41. The molecular formula is C22H21N3O3. The van der Waals surface area contributed by atoms with Gasteiger partial charge in [0.1, 0.15) is 0 Å². The lowest BCUT2D eigenvalue weighted by atomic mass is 9.87. The zero-order valence-electron chi connectivity index (χ0n) is 15.5. The molecule has 0 fully saturated rings. The Balaban J connectivity index is 1.49. The molecule has 1 heterocycles. The normalized spacial score (nSPS) is 16.2. The van der Waals surface area contributed by atoms with Gasteiger partial charge in [0.05, 0.1) is 11.8 Å². The number of aromatic nitrogens is 1. The van der Waals surface area contributed by atoms with Gasteiger partial charge in [0, 0.05) is 22.2 Å². The van der Waals surface area contributed by atoms with E-state index in [9.17, 15) is 9.59 Å². The van der Waals surface area contributed by atoms with E-state index in [1.54, 1.807) is 18.2 Å². The van der Waals surface area contributed by atoms with Crippen molar-refractivity contribution in [2.75, 3.05) is 0 Å². The summed E-state index contributed by atoms with van der Waals surface area (Å²) >= 11 is 0. The average molecular weight is 375 g/mol. The predicted molar refractivity (Wildman–Crippen MR) is 108 cm³/mol. The van der Waals surface area contributed by atoms with Gasteiger partial charge in [0.25, 0.3) is 5.91 Å². The van der Waals surface area contributed by atoms with Gasteiger partial charge in [-0.1, -0.05) is 19.1 Å². The molecule has 4 rings (SSSR count). The van der Waals surface area contributed by atoms with Crippen LogP contribution in [0.3, 0.4) is 0 Å². The number of aromatic carboxylic acids is 1. The number of benzene rings is 2. The van der Waals surface area contributed by atoms with Crippen molar-refractivity contribution in [3.05, 3.63) is 70.4 Å². The van der Waals surface area contributed by atoms with Gasteiger partial charge in [-0.15, -0.1) is 0 Å². The molecule has 1 aliphatic rings. The van der Waals surface area contributed by atoms with Gasteiger partial charge in [0.2, 0.25) is 0 Å². The van der Waals surface area contributed by atoms with Crippen molar-refractivity contribution in [2.45, 2.75) is 26.2 Å². The van der Waals surface area contributed by atoms with Crippen LogP contribution in [0.4, 0.5) is 0 Å². The number of rotatable bonds is 4. The topological polar surface area (TPSA) is 94.5 Å². The van der Waals surface area contributed by atoms with Gasteiger partial charge < -0.3 is 10.1 Å². The molecule has 0 saturated carbocycles. The van der Waals surface area contributed by atoms with E-state index < -0.39 is 5.97 Å². The van der Waals surface area contributed by atoms with E-state index in [2.05, 4.69) is 22.4 Å². The lowest BCUT2D eigenvalue weighted by Crippen LogP contribution is -2.17. The molecule has 28 heavy (non-hydrogen) atoms. The van der Waals surface area contributed by atoms with E-state index >= 15 is 0 Å². The summed E-state index contributed by atoms with van der Waals surface area (Å²) in [6.45, 7) is 2.26. The third-order valence-electron chi connectivity index (χ3n) is 5.23. The zero-order chi connectivity index (χ0) is 19.7. The molecule has 142 valence electrons. The molecule has 1 amide bonds. The highest BCUT2D eigenvalue weighted by molar-refractivity contribution is 5.99. The van der Waals surface area contributed by atoms with Gasteiger partial charge in [-0.3, -0.25) is 4.79 Å². The number of aryl methyl sites for hydroxylation is 1. The maximum Gasteiger partial charge on any atom is 0.335 e. The summed E-state index contributed by atoms with van der Waals surface area (Å²) in [6, 6.07) is 11.9. The van der Waals surface area contributed by atoms with E-state index in [1.165, 1.54) is 36.0 Å². The number of hydrogen-bond acceptors (Lipinski definition) is 3. The number of aromatic amines is 1. The molecule has 6 nitrogen and oxygen atoms in total. The van der Waals surface area contributed by atoms with Crippen LogP contribution in [0.25, 0.3) is 10.9 Å². The Labute approximate surface area is 162 Å². The lowest BCUT2D eigenvalue weighted by Gasteiger charge is -2.18. The molecule has 1 aliphatic carbocycles. The van der Waals surface area contributed by atoms with Crippen molar-refractivity contribution in [1.29, 1.82) is 0 Å². The average Bonchev–Trinajstić information content (AvgIpc) is 3.05. The fourth-order valence-corrected chi connectivity index (χ4v) is 3.67. The number of amides is 1. The first-order valence-electron chi connectivity index (χ1n) is 9.31. The van der Waals surface area contributed by atoms with Crippen molar-refractivity contribution < 1.29 is 14.7 Å². The molecule has 2 aromatic carbocycles. The molecule has 3 aromatic rings. The Kier molecular flexibility index (Phi) is 4.69. The smallest absolute Gasteiger partial charge is 0.335 e. The second kappa shape index (κ2) is 7.31. The number of carboxylic acid groups (broad SMARTS) is 1. The van der Waals surface area contributed by atoms with Crippen LogP contribution >= 0.6 is 0 Å². The number of hydrogen-bond donors (Lipinski definition) is 3. The van der Waals surface area contributed by atoms with Crippen LogP contribution < -0.4 is 5.43 Å². The van der Waals surface area contributed by atoms with Crippen LogP contribution in [0.15, 0.2) is 47.6 Å². The van der Waals surface area contributed by atoms with Crippen LogP contribution in [-0.2, 0) is 12.8 Å². The number of carboxylic acids is 1. The molecule has 1 aromatic heterocycles. The summed E-state index contributed by atoms with van der Waals surface area (Å²) in [4.78, 5) is 26.8. The highest BCUT2D eigenvalue weighted by Gasteiger charge is 2.20. The second-order valence-corrected chi connectivity index (χ2v) is 7.32. The summed E-state index contributed by atoms with van der Waals surface area (Å²) in [5.41, 5.74) is 7.68. The number of fused-ring (bicyclic) bond motifs is 3. The standard InChI is InChI=1S/C22H21N3O3/c1-13-2-8-19-17(10-13)18-11-16(7-9-20(18)24-19)21(26)25-23-12-14-3-5-15(6-4-14)22(27)28/h3-7,9,11-13,24H,2,8,10H2,1H3,(H,25,26)(H,27,28)/b23-12-. The highest BCUT2D eigenvalue weighted by Crippen LogP contribution is 2.32. The van der Waals surface area contributed by atoms with Crippen molar-refractivity contribution in [3.8, 4) is 0 Å². The van der Waals surface area contributed by atoms with Crippen molar-refractivity contribution in [2.24, 2.45) is 11.0 Å². The van der Waals surface area contributed by atoms with Crippen molar-refractivity contribution >= 4 is 29.0 Å². The Bertz CT molecular complexity index is 1080. The molecule has 0 aliphatic heterocycles. The second-order valence-electron chi connectivity index (χ2n) is 7.32. The Morgan fingerprint density at radius 3 is 2.68 bits per heavy atom. The van der Waals surface area contributed by atoms with Crippen LogP contribution in [-0.4, -0.2) is 28.2 Å². The number of carbonyl (C=O) groups is 2.